The van der Waals surface area contributed by atoms with E-state index in [4.69, 9.17) is 10.2 Å². The molecule has 0 amide bonds. The maximum absolute atomic E-state index is 12.1. The Labute approximate surface area is 101 Å². The summed E-state index contributed by atoms with van der Waals surface area (Å²) in [7, 11) is 1.49. The summed E-state index contributed by atoms with van der Waals surface area (Å²) in [6.45, 7) is -0.212. The van der Waals surface area contributed by atoms with Crippen LogP contribution in [-0.4, -0.2) is 24.8 Å². The Morgan fingerprint density at radius 3 is 2.72 bits per heavy atom. The van der Waals surface area contributed by atoms with Gasteiger partial charge < -0.3 is 15.1 Å². The van der Waals surface area contributed by atoms with E-state index in [0.29, 0.717) is 16.8 Å². The largest absolute Gasteiger partial charge is 0.423 e. The standard InChI is InChI=1S/C11H12F3N3O/c1-17(6-5-11(12,13)14)10-16-9-7(15)3-2-4-8(9)18-10/h2-4H,5-6,15H2,1H3. The maximum atomic E-state index is 12.1. The first kappa shape index (κ1) is 12.5. The van der Waals surface area contributed by atoms with E-state index in [1.807, 2.05) is 0 Å². The molecule has 98 valence electrons. The molecule has 2 aromatic rings. The van der Waals surface area contributed by atoms with Crippen molar-refractivity contribution in [3.8, 4) is 0 Å². The molecule has 2 rings (SSSR count). The highest BCUT2D eigenvalue weighted by atomic mass is 19.4. The van der Waals surface area contributed by atoms with Gasteiger partial charge in [0, 0.05) is 13.6 Å². The molecule has 0 atom stereocenters. The summed E-state index contributed by atoms with van der Waals surface area (Å²) in [5, 5.41) is 0. The molecule has 0 fully saturated rings. The fourth-order valence-corrected chi connectivity index (χ4v) is 1.51. The van der Waals surface area contributed by atoms with Crippen LogP contribution < -0.4 is 10.6 Å². The number of nitrogen functional groups attached to an aromatic ring is 1. The predicted octanol–water partition coefficient (Wildman–Crippen LogP) is 2.80. The monoisotopic (exact) mass is 259 g/mol. The molecule has 0 aliphatic carbocycles. The maximum Gasteiger partial charge on any atom is 0.390 e. The predicted molar refractivity (Wildman–Crippen MR) is 62.4 cm³/mol. The number of fused-ring (bicyclic) bond motifs is 1. The van der Waals surface area contributed by atoms with Crippen molar-refractivity contribution in [1.29, 1.82) is 0 Å². The number of alkyl halides is 3. The van der Waals surface area contributed by atoms with Crippen LogP contribution >= 0.6 is 0 Å². The molecule has 0 aliphatic heterocycles. The molecule has 0 saturated carbocycles. The molecular formula is C11H12F3N3O. The second kappa shape index (κ2) is 4.40. The third-order valence-corrected chi connectivity index (χ3v) is 2.50. The lowest BCUT2D eigenvalue weighted by molar-refractivity contribution is -0.132. The minimum Gasteiger partial charge on any atom is -0.423 e. The van der Waals surface area contributed by atoms with Gasteiger partial charge in [-0.05, 0) is 12.1 Å². The van der Waals surface area contributed by atoms with Gasteiger partial charge in [-0.3, -0.25) is 0 Å². The molecule has 0 radical (unpaired) electrons. The minimum atomic E-state index is -4.20. The van der Waals surface area contributed by atoms with E-state index in [9.17, 15) is 13.2 Å². The molecule has 1 aromatic carbocycles. The van der Waals surface area contributed by atoms with Crippen LogP contribution in [0.15, 0.2) is 22.6 Å². The summed E-state index contributed by atoms with van der Waals surface area (Å²) < 4.78 is 41.7. The summed E-state index contributed by atoms with van der Waals surface area (Å²) >= 11 is 0. The van der Waals surface area contributed by atoms with Gasteiger partial charge in [-0.2, -0.15) is 18.2 Å². The summed E-state index contributed by atoms with van der Waals surface area (Å²) in [5.74, 6) is 0. The number of para-hydroxylation sites is 1. The third-order valence-electron chi connectivity index (χ3n) is 2.50. The van der Waals surface area contributed by atoms with Crippen molar-refractivity contribution >= 4 is 22.8 Å². The zero-order chi connectivity index (χ0) is 13.3. The number of aromatic nitrogens is 1. The van der Waals surface area contributed by atoms with E-state index < -0.39 is 12.6 Å². The van der Waals surface area contributed by atoms with Gasteiger partial charge in [-0.15, -0.1) is 0 Å². The number of hydrogen-bond acceptors (Lipinski definition) is 4. The number of oxazole rings is 1. The van der Waals surface area contributed by atoms with Gasteiger partial charge in [0.1, 0.15) is 5.52 Å². The van der Waals surface area contributed by atoms with Gasteiger partial charge in [0.05, 0.1) is 12.1 Å². The van der Waals surface area contributed by atoms with Crippen LogP contribution in [0.25, 0.3) is 11.1 Å². The zero-order valence-electron chi connectivity index (χ0n) is 9.66. The molecule has 0 unspecified atom stereocenters. The zero-order valence-corrected chi connectivity index (χ0v) is 9.66. The van der Waals surface area contributed by atoms with E-state index in [-0.39, 0.29) is 12.6 Å². The van der Waals surface area contributed by atoms with E-state index in [2.05, 4.69) is 4.98 Å². The van der Waals surface area contributed by atoms with Crippen LogP contribution in [0, 0.1) is 0 Å². The first-order valence-corrected chi connectivity index (χ1v) is 5.30. The first-order chi connectivity index (χ1) is 8.37. The smallest absolute Gasteiger partial charge is 0.390 e. The molecule has 7 heteroatoms. The van der Waals surface area contributed by atoms with Crippen LogP contribution in [0.3, 0.4) is 0 Å². The van der Waals surface area contributed by atoms with Crippen LogP contribution in [0.1, 0.15) is 6.42 Å². The Morgan fingerprint density at radius 2 is 2.11 bits per heavy atom. The average molecular weight is 259 g/mol. The van der Waals surface area contributed by atoms with E-state index in [0.717, 1.165) is 0 Å². The Morgan fingerprint density at radius 1 is 1.39 bits per heavy atom. The van der Waals surface area contributed by atoms with Crippen LogP contribution in [0.2, 0.25) is 0 Å². The Kier molecular flexibility index (Phi) is 3.06. The van der Waals surface area contributed by atoms with Crippen LogP contribution in [0.5, 0.6) is 0 Å². The van der Waals surface area contributed by atoms with Crippen molar-refractivity contribution in [1.82, 2.24) is 4.98 Å². The highest BCUT2D eigenvalue weighted by molar-refractivity contribution is 5.86. The van der Waals surface area contributed by atoms with Crippen molar-refractivity contribution in [2.24, 2.45) is 0 Å². The van der Waals surface area contributed by atoms with Gasteiger partial charge in [0.25, 0.3) is 6.01 Å². The highest BCUT2D eigenvalue weighted by Crippen LogP contribution is 2.26. The number of hydrogen-bond donors (Lipinski definition) is 1. The van der Waals surface area contributed by atoms with Crippen molar-refractivity contribution < 1.29 is 17.6 Å². The lowest BCUT2D eigenvalue weighted by Crippen LogP contribution is -2.24. The van der Waals surface area contributed by atoms with Crippen molar-refractivity contribution in [2.45, 2.75) is 12.6 Å². The normalized spacial score (nSPS) is 12.0. The van der Waals surface area contributed by atoms with Gasteiger partial charge >= 0.3 is 6.18 Å². The topological polar surface area (TPSA) is 55.3 Å². The van der Waals surface area contributed by atoms with Gasteiger partial charge in [-0.1, -0.05) is 6.07 Å². The number of nitrogens with two attached hydrogens (primary N) is 1. The van der Waals surface area contributed by atoms with Crippen LogP contribution in [0.4, 0.5) is 24.9 Å². The fraction of sp³-hybridized carbons (Fsp3) is 0.364. The number of anilines is 2. The number of nitrogens with zero attached hydrogens (tertiary/aromatic N) is 2. The molecule has 0 bridgehead atoms. The molecule has 0 spiro atoms. The molecule has 0 aliphatic rings. The molecule has 1 heterocycles. The second-order valence-corrected chi connectivity index (χ2v) is 3.98. The molecule has 4 nitrogen and oxygen atoms in total. The molecular weight excluding hydrogens is 247 g/mol. The minimum absolute atomic E-state index is 0.132. The lowest BCUT2D eigenvalue weighted by Gasteiger charge is -2.15. The van der Waals surface area contributed by atoms with Crippen molar-refractivity contribution in [2.75, 3.05) is 24.2 Å². The first-order valence-electron chi connectivity index (χ1n) is 5.30. The summed E-state index contributed by atoms with van der Waals surface area (Å²) in [4.78, 5) is 5.39. The average Bonchev–Trinajstić information content (AvgIpc) is 2.70. The second-order valence-electron chi connectivity index (χ2n) is 3.98. The van der Waals surface area contributed by atoms with Gasteiger partial charge in [-0.25, -0.2) is 0 Å². The highest BCUT2D eigenvalue weighted by Gasteiger charge is 2.28. The molecule has 0 saturated heterocycles. The summed E-state index contributed by atoms with van der Waals surface area (Å²) in [6, 6.07) is 5.15. The molecule has 2 N–H and O–H groups in total. The SMILES string of the molecule is CN(CCC(F)(F)F)c1nc2c(N)cccc2o1. The van der Waals surface area contributed by atoms with Gasteiger partial charge in [0.15, 0.2) is 5.58 Å². The van der Waals surface area contributed by atoms with E-state index in [1.165, 1.54) is 11.9 Å². The van der Waals surface area contributed by atoms with E-state index >= 15 is 0 Å². The number of rotatable bonds is 3. The molecule has 18 heavy (non-hydrogen) atoms. The van der Waals surface area contributed by atoms with Crippen molar-refractivity contribution in [3.05, 3.63) is 18.2 Å². The molecule has 1 aromatic heterocycles. The lowest BCUT2D eigenvalue weighted by atomic mass is 10.3. The summed E-state index contributed by atoms with van der Waals surface area (Å²) in [5.41, 5.74) is 7.05. The quantitative estimate of drug-likeness (QED) is 0.861. The summed E-state index contributed by atoms with van der Waals surface area (Å²) in [6.07, 6.45) is -5.11. The van der Waals surface area contributed by atoms with Crippen molar-refractivity contribution in [3.63, 3.8) is 0 Å². The fourth-order valence-electron chi connectivity index (χ4n) is 1.51. The van der Waals surface area contributed by atoms with Crippen LogP contribution in [-0.2, 0) is 0 Å². The Bertz CT molecular complexity index is 550. The third kappa shape index (κ3) is 2.66. The number of halogens is 3. The number of benzene rings is 1. The van der Waals surface area contributed by atoms with Gasteiger partial charge in [0.2, 0.25) is 0 Å². The Hall–Kier alpha value is -1.92. The Balaban J connectivity index is 2.18. The van der Waals surface area contributed by atoms with E-state index in [1.54, 1.807) is 18.2 Å².